The number of hydrogen-bond donors (Lipinski definition) is 4. The number of carbonyl (C=O) groups is 1. The highest BCUT2D eigenvalue weighted by molar-refractivity contribution is 7.89. The first-order chi connectivity index (χ1) is 15.7. The van der Waals surface area contributed by atoms with Crippen molar-refractivity contribution in [3.63, 3.8) is 0 Å². The molecule has 0 radical (unpaired) electrons. The summed E-state index contributed by atoms with van der Waals surface area (Å²) in [7, 11) is -4.25. The van der Waals surface area contributed by atoms with Gasteiger partial charge in [0.2, 0.25) is 10.0 Å². The van der Waals surface area contributed by atoms with Gasteiger partial charge >= 0.3 is 0 Å². The van der Waals surface area contributed by atoms with Gasteiger partial charge in [0.25, 0.3) is 5.91 Å². The van der Waals surface area contributed by atoms with Gasteiger partial charge in [-0.25, -0.2) is 18.3 Å². The van der Waals surface area contributed by atoms with Gasteiger partial charge in [0.05, 0.1) is 4.90 Å². The molecule has 1 aliphatic rings. The smallest absolute Gasteiger partial charge is 0.261 e. The van der Waals surface area contributed by atoms with Crippen molar-refractivity contribution < 1.29 is 27.5 Å². The number of halogens is 2. The van der Waals surface area contributed by atoms with Crippen LogP contribution in [0.25, 0.3) is 0 Å². The van der Waals surface area contributed by atoms with Gasteiger partial charge in [0.1, 0.15) is 11.8 Å². The lowest BCUT2D eigenvalue weighted by Gasteiger charge is -2.30. The van der Waals surface area contributed by atoms with Crippen molar-refractivity contribution in [2.45, 2.75) is 43.0 Å². The molecule has 0 unspecified atom stereocenters. The Morgan fingerprint density at radius 1 is 1.15 bits per heavy atom. The number of rotatable bonds is 9. The zero-order valence-electron chi connectivity index (χ0n) is 17.8. The fourth-order valence-corrected chi connectivity index (χ4v) is 5.28. The molecule has 5 N–H and O–H groups in total. The van der Waals surface area contributed by atoms with Crippen LogP contribution in [-0.4, -0.2) is 32.1 Å². The van der Waals surface area contributed by atoms with E-state index in [1.54, 1.807) is 24.3 Å². The van der Waals surface area contributed by atoms with E-state index in [1.165, 1.54) is 17.6 Å². The molecular weight excluding hydrogens is 473 g/mol. The van der Waals surface area contributed by atoms with E-state index < -0.39 is 27.8 Å². The summed E-state index contributed by atoms with van der Waals surface area (Å²) < 4.78 is 48.0. The topological polar surface area (TPSA) is 131 Å². The average Bonchev–Trinajstić information content (AvgIpc) is 2.81. The van der Waals surface area contributed by atoms with E-state index in [-0.39, 0.29) is 23.0 Å². The van der Waals surface area contributed by atoms with Crippen LogP contribution in [0.2, 0.25) is 5.02 Å². The summed E-state index contributed by atoms with van der Waals surface area (Å²) in [6, 6.07) is 8.23. The molecule has 8 nitrogen and oxygen atoms in total. The molecule has 0 aliphatic heterocycles. The Morgan fingerprint density at radius 2 is 1.79 bits per heavy atom. The second-order valence-electron chi connectivity index (χ2n) is 8.16. The number of carbonyl (C=O) groups excluding carboxylic acids is 1. The molecule has 3 rings (SSSR count). The molecule has 0 saturated heterocycles. The molecule has 0 aromatic heterocycles. The van der Waals surface area contributed by atoms with E-state index in [4.69, 9.17) is 27.3 Å². The zero-order chi connectivity index (χ0) is 24.0. The van der Waals surface area contributed by atoms with Gasteiger partial charge in [0.15, 0.2) is 11.6 Å². The maximum absolute atomic E-state index is 14.6. The van der Waals surface area contributed by atoms with Gasteiger partial charge in [-0.3, -0.25) is 10.0 Å². The average molecular weight is 500 g/mol. The SMILES string of the molecule is NCC1CCC(C[C@H](NS(=O)(=O)c2ccc(Oc3ccc(Cl)cc3)c(F)c2)C(=O)NO)CC1. The van der Waals surface area contributed by atoms with Crippen LogP contribution >= 0.6 is 11.6 Å². The lowest BCUT2D eigenvalue weighted by Crippen LogP contribution is -2.47. The summed E-state index contributed by atoms with van der Waals surface area (Å²) in [5, 5.41) is 9.57. The van der Waals surface area contributed by atoms with Gasteiger partial charge in [0, 0.05) is 5.02 Å². The minimum atomic E-state index is -4.25. The van der Waals surface area contributed by atoms with Crippen molar-refractivity contribution in [2.24, 2.45) is 17.6 Å². The first-order valence-corrected chi connectivity index (χ1v) is 12.5. The van der Waals surface area contributed by atoms with Crippen molar-refractivity contribution in [1.29, 1.82) is 0 Å². The third kappa shape index (κ3) is 6.87. The van der Waals surface area contributed by atoms with Crippen LogP contribution in [0.4, 0.5) is 4.39 Å². The molecule has 0 spiro atoms. The Labute approximate surface area is 197 Å². The third-order valence-electron chi connectivity index (χ3n) is 5.85. The van der Waals surface area contributed by atoms with Crippen molar-refractivity contribution >= 4 is 27.5 Å². The molecule has 2 aromatic carbocycles. The molecule has 2 aromatic rings. The number of amides is 1. The van der Waals surface area contributed by atoms with Crippen LogP contribution in [0.3, 0.4) is 0 Å². The highest BCUT2D eigenvalue weighted by Gasteiger charge is 2.30. The van der Waals surface area contributed by atoms with Crippen LogP contribution in [-0.2, 0) is 14.8 Å². The van der Waals surface area contributed by atoms with Crippen molar-refractivity contribution in [1.82, 2.24) is 10.2 Å². The Hall–Kier alpha value is -2.24. The number of nitrogens with two attached hydrogens (primary N) is 1. The monoisotopic (exact) mass is 499 g/mol. The first kappa shape index (κ1) is 25.4. The predicted octanol–water partition coefficient (Wildman–Crippen LogP) is 3.58. The first-order valence-electron chi connectivity index (χ1n) is 10.6. The number of benzene rings is 2. The van der Waals surface area contributed by atoms with Gasteiger partial charge in [-0.2, -0.15) is 4.72 Å². The van der Waals surface area contributed by atoms with Crippen LogP contribution in [0, 0.1) is 17.7 Å². The lowest BCUT2D eigenvalue weighted by molar-refractivity contribution is -0.131. The van der Waals surface area contributed by atoms with Gasteiger partial charge in [-0.15, -0.1) is 0 Å². The molecule has 1 saturated carbocycles. The zero-order valence-corrected chi connectivity index (χ0v) is 19.4. The van der Waals surface area contributed by atoms with Crippen molar-refractivity contribution in [3.8, 4) is 11.5 Å². The molecular formula is C22H27ClFN3O5S. The quantitative estimate of drug-likeness (QED) is 0.308. The van der Waals surface area contributed by atoms with E-state index in [0.717, 1.165) is 31.7 Å². The summed E-state index contributed by atoms with van der Waals surface area (Å²) in [6.07, 6.45) is 3.64. The summed E-state index contributed by atoms with van der Waals surface area (Å²) in [5.41, 5.74) is 7.22. The molecule has 0 bridgehead atoms. The number of sulfonamides is 1. The standard InChI is InChI=1S/C22H27ClFN3O5S/c23-16-5-7-17(8-6-16)32-21-10-9-18(12-19(21)24)33(30,31)27-20(22(28)26-29)11-14-1-3-15(13-25)4-2-14/h5-10,12,14-15,20,27,29H,1-4,11,13,25H2,(H,26,28)/t14?,15?,20-/m0/s1. The molecule has 11 heteroatoms. The largest absolute Gasteiger partial charge is 0.454 e. The van der Waals surface area contributed by atoms with E-state index in [0.29, 0.717) is 23.2 Å². The molecule has 33 heavy (non-hydrogen) atoms. The Kier molecular flexibility index (Phi) is 8.66. The third-order valence-corrected chi connectivity index (χ3v) is 7.57. The Balaban J connectivity index is 1.71. The highest BCUT2D eigenvalue weighted by Crippen LogP contribution is 2.32. The summed E-state index contributed by atoms with van der Waals surface area (Å²) in [6.45, 7) is 0.600. The molecule has 1 atom stereocenters. The lowest BCUT2D eigenvalue weighted by atomic mass is 9.79. The second-order valence-corrected chi connectivity index (χ2v) is 10.3. The normalized spacial score (nSPS) is 19.6. The summed E-state index contributed by atoms with van der Waals surface area (Å²) in [5.74, 6) is -1.07. The van der Waals surface area contributed by atoms with Crippen LogP contribution in [0.1, 0.15) is 32.1 Å². The number of ether oxygens (including phenoxy) is 1. The Morgan fingerprint density at radius 3 is 2.36 bits per heavy atom. The van der Waals surface area contributed by atoms with E-state index >= 15 is 0 Å². The molecule has 1 fully saturated rings. The van der Waals surface area contributed by atoms with Gasteiger partial charge in [-0.05, 0) is 80.1 Å². The maximum atomic E-state index is 14.6. The predicted molar refractivity (Wildman–Crippen MR) is 121 cm³/mol. The number of hydroxylamine groups is 1. The fourth-order valence-electron chi connectivity index (χ4n) is 3.94. The molecule has 1 amide bonds. The fraction of sp³-hybridized carbons (Fsp3) is 0.409. The van der Waals surface area contributed by atoms with Crippen LogP contribution < -0.4 is 20.7 Å². The van der Waals surface area contributed by atoms with Crippen molar-refractivity contribution in [2.75, 3.05) is 6.54 Å². The molecule has 0 heterocycles. The molecule has 1 aliphatic carbocycles. The van der Waals surface area contributed by atoms with E-state index in [2.05, 4.69) is 4.72 Å². The molecule has 180 valence electrons. The minimum absolute atomic E-state index is 0.102. The van der Waals surface area contributed by atoms with Gasteiger partial charge in [-0.1, -0.05) is 24.4 Å². The van der Waals surface area contributed by atoms with Crippen LogP contribution in [0.5, 0.6) is 11.5 Å². The van der Waals surface area contributed by atoms with E-state index in [1.807, 2.05) is 0 Å². The van der Waals surface area contributed by atoms with E-state index in [9.17, 15) is 17.6 Å². The number of nitrogens with one attached hydrogen (secondary N) is 2. The van der Waals surface area contributed by atoms with Gasteiger partial charge < -0.3 is 10.5 Å². The minimum Gasteiger partial charge on any atom is -0.454 e. The summed E-state index contributed by atoms with van der Waals surface area (Å²) >= 11 is 5.81. The second kappa shape index (κ2) is 11.3. The number of hydrogen-bond acceptors (Lipinski definition) is 6. The van der Waals surface area contributed by atoms with Crippen LogP contribution in [0.15, 0.2) is 47.4 Å². The van der Waals surface area contributed by atoms with Crippen molar-refractivity contribution in [3.05, 3.63) is 53.3 Å². The highest BCUT2D eigenvalue weighted by atomic mass is 35.5. The Bertz CT molecular complexity index is 1060. The summed E-state index contributed by atoms with van der Waals surface area (Å²) in [4.78, 5) is 11.8. The maximum Gasteiger partial charge on any atom is 0.261 e.